The van der Waals surface area contributed by atoms with Crippen LogP contribution in [0.2, 0.25) is 0 Å². The van der Waals surface area contributed by atoms with Crippen LogP contribution in [0.25, 0.3) is 0 Å². The molecule has 0 saturated heterocycles. The molecule has 0 atom stereocenters. The van der Waals surface area contributed by atoms with Crippen molar-refractivity contribution in [1.29, 1.82) is 0 Å². The van der Waals surface area contributed by atoms with E-state index >= 15 is 0 Å². The second-order valence-electron chi connectivity index (χ2n) is 3.66. The van der Waals surface area contributed by atoms with Crippen molar-refractivity contribution in [1.82, 2.24) is 26.4 Å². The molecule has 19 heteroatoms. The molecule has 0 bridgehead atoms. The number of nitrogens with one attached hydrogen (secondary N) is 4. The molecule has 0 fully saturated rings. The van der Waals surface area contributed by atoms with Crippen LogP contribution < -0.4 is 18.6 Å². The Hall–Kier alpha value is 2.87. The highest BCUT2D eigenvalue weighted by Gasteiger charge is 2.11. The van der Waals surface area contributed by atoms with Gasteiger partial charge in [0.25, 0.3) is 0 Å². The van der Waals surface area contributed by atoms with Gasteiger partial charge in [0, 0.05) is 0 Å². The van der Waals surface area contributed by atoms with E-state index in [1.165, 1.54) is 0 Å². The summed E-state index contributed by atoms with van der Waals surface area (Å²) in [7, 11) is -3.81. The molecule has 0 unspecified atom stereocenters. The van der Waals surface area contributed by atoms with Gasteiger partial charge in [-0.25, -0.2) is 0 Å². The first-order valence-corrected chi connectivity index (χ1v) is 23.8. The van der Waals surface area contributed by atoms with E-state index in [2.05, 4.69) is 26.4 Å². The van der Waals surface area contributed by atoms with Crippen LogP contribution in [0.5, 0.6) is 0 Å². The molecule has 0 amide bonds. The molecule has 0 aromatic carbocycles. The molecule has 0 heterocycles. The van der Waals surface area contributed by atoms with E-state index in [0.29, 0.717) is 0 Å². The lowest BCUT2D eigenvalue weighted by molar-refractivity contribution is 0.943. The third kappa shape index (κ3) is 14.2. The van der Waals surface area contributed by atoms with Gasteiger partial charge < -0.3 is 26.4 Å². The van der Waals surface area contributed by atoms with Gasteiger partial charge in [0.2, 0.25) is 0 Å². The standard InChI is InChI=1S/Cl4H22N6Si9/c1-11-5-15-7-17-9(13-3)19-10(14-4)18-8-16-6-12-2/h5-8H,11-19H2. The summed E-state index contributed by atoms with van der Waals surface area (Å²) in [5, 5.41) is 0. The van der Waals surface area contributed by atoms with Crippen molar-refractivity contribution in [2.75, 3.05) is 0 Å². The van der Waals surface area contributed by atoms with Crippen molar-refractivity contribution in [2.45, 2.75) is 0 Å². The lowest BCUT2D eigenvalue weighted by Gasteiger charge is -2.27. The Morgan fingerprint density at radius 3 is 1.37 bits per heavy atom. The molecule has 116 valence electrons. The maximum absolute atomic E-state index is 6.16. The molecule has 4 N–H and O–H groups in total. The number of halogens is 4. The fourth-order valence-corrected chi connectivity index (χ4v) is 29.7. The third-order valence-electron chi connectivity index (χ3n) is 2.10. The zero-order valence-corrected chi connectivity index (χ0v) is 26.5. The summed E-state index contributed by atoms with van der Waals surface area (Å²) < 4.78 is 19.0. The monoisotopic (exact) mass is 498 g/mol. The van der Waals surface area contributed by atoms with Crippen molar-refractivity contribution in [3.8, 4) is 0 Å². The minimum atomic E-state index is -0.554. The zero-order chi connectivity index (χ0) is 14.3. The average Bonchev–Trinajstić information content (AvgIpc) is 2.44. The Morgan fingerprint density at radius 2 is 1.05 bits per heavy atom. The number of hydrogen-bond donors (Lipinski definition) is 4. The number of rotatable bonds is 14. The van der Waals surface area contributed by atoms with Crippen LogP contribution in [-0.4, -0.2) is 93.0 Å². The summed E-state index contributed by atoms with van der Waals surface area (Å²) in [6, 6.07) is 0. The van der Waals surface area contributed by atoms with Crippen molar-refractivity contribution in [3.63, 3.8) is 0 Å². The first-order valence-electron chi connectivity index (χ1n) is 5.79. The lowest BCUT2D eigenvalue weighted by Crippen LogP contribution is -2.55. The molecular weight excluding hydrogens is 479 g/mol. The molecule has 0 saturated carbocycles. The molecule has 0 rings (SSSR count). The summed E-state index contributed by atoms with van der Waals surface area (Å²) in [5.41, 5.74) is 0. The summed E-state index contributed by atoms with van der Waals surface area (Å²) in [6.45, 7) is 0. The summed E-state index contributed by atoms with van der Waals surface area (Å²) in [5.74, 6) is 0. The van der Waals surface area contributed by atoms with E-state index in [4.69, 9.17) is 44.3 Å². The van der Waals surface area contributed by atoms with Crippen molar-refractivity contribution in [3.05, 3.63) is 0 Å². The maximum atomic E-state index is 6.16. The Balaban J connectivity index is 3.76. The van der Waals surface area contributed by atoms with Gasteiger partial charge in [-0.1, -0.05) is 0 Å². The molecular formula is H22Cl4N6Si9. The van der Waals surface area contributed by atoms with E-state index in [1.54, 1.807) is 0 Å². The molecule has 6 nitrogen and oxygen atoms in total. The van der Waals surface area contributed by atoms with Crippen molar-refractivity contribution in [2.24, 2.45) is 0 Å². The first-order chi connectivity index (χ1) is 9.28. The van der Waals surface area contributed by atoms with E-state index in [-0.39, 0.29) is 49.2 Å². The Labute approximate surface area is 154 Å². The van der Waals surface area contributed by atoms with E-state index < -0.39 is 36.0 Å². The Kier molecular flexibility index (Phi) is 19.8. The average molecular weight is 501 g/mol. The maximum Gasteiger partial charge on any atom is 0.189 e. The van der Waals surface area contributed by atoms with Crippen LogP contribution in [0.3, 0.4) is 0 Å². The molecule has 0 aromatic rings. The largest absolute Gasteiger partial charge is 0.348 e. The molecule has 0 aliphatic heterocycles. The quantitative estimate of drug-likeness (QED) is 0.108. The van der Waals surface area contributed by atoms with Crippen LogP contribution in [0.4, 0.5) is 0 Å². The second-order valence-corrected chi connectivity index (χ2v) is 28.1. The zero-order valence-electron chi connectivity index (χ0n) is 10.8. The highest BCUT2D eigenvalue weighted by molar-refractivity contribution is 7.02. The third-order valence-corrected chi connectivity index (χ3v) is 28.4. The Bertz CT molecular complexity index is 172. The topological polar surface area (TPSA) is 54.6 Å². The molecule has 0 radical (unpaired) electrons. The fraction of sp³-hybridized carbons (Fsp3) is 0. The van der Waals surface area contributed by atoms with Crippen LogP contribution in [0.1, 0.15) is 0 Å². The SMILES string of the molecule is Cl[SiH2]N[SiH2]N[SiH2]N([SiH2]Cl)[SiH2]N([SiH2]Cl)[SiH2]N[SiH2]N[SiH2]Cl. The summed E-state index contributed by atoms with van der Waals surface area (Å²) in [4.78, 5) is 0. The van der Waals surface area contributed by atoms with Gasteiger partial charge in [0.05, 0.1) is 0 Å². The number of nitrogens with zero attached hydrogens (tertiary/aromatic N) is 2. The van der Waals surface area contributed by atoms with Crippen LogP contribution >= 0.6 is 44.3 Å². The van der Waals surface area contributed by atoms with Crippen LogP contribution in [-0.2, 0) is 0 Å². The Morgan fingerprint density at radius 1 is 0.632 bits per heavy atom. The highest BCUT2D eigenvalue weighted by atomic mass is 35.6. The highest BCUT2D eigenvalue weighted by Crippen LogP contribution is 1.87. The minimum absolute atomic E-state index is 0.326. The van der Waals surface area contributed by atoms with Crippen molar-refractivity contribution < 1.29 is 0 Å². The summed E-state index contributed by atoms with van der Waals surface area (Å²) in [6.07, 6.45) is 0. The van der Waals surface area contributed by atoms with Crippen LogP contribution in [0.15, 0.2) is 0 Å². The smallest absolute Gasteiger partial charge is 0.189 e. The minimum Gasteiger partial charge on any atom is -0.348 e. The fourth-order valence-electron chi connectivity index (χ4n) is 1.24. The van der Waals surface area contributed by atoms with E-state index in [0.717, 1.165) is 0 Å². The van der Waals surface area contributed by atoms with Gasteiger partial charge in [-0.15, -0.1) is 0 Å². The second kappa shape index (κ2) is 17.2. The van der Waals surface area contributed by atoms with Gasteiger partial charge >= 0.3 is 0 Å². The summed E-state index contributed by atoms with van der Waals surface area (Å²) >= 11 is 23.8. The van der Waals surface area contributed by atoms with Gasteiger partial charge in [-0.3, -0.25) is 0 Å². The molecule has 0 aliphatic rings. The normalized spacial score (nSPS) is 17.4. The van der Waals surface area contributed by atoms with Crippen molar-refractivity contribution >= 4 is 129 Å². The predicted octanol–water partition coefficient (Wildman–Crippen LogP) is -8.11. The first kappa shape index (κ1) is 21.9. The van der Waals surface area contributed by atoms with E-state index in [9.17, 15) is 0 Å². The van der Waals surface area contributed by atoms with Gasteiger partial charge in [0.1, 0.15) is 9.84 Å². The number of hydrogen-bond acceptors (Lipinski definition) is 6. The molecule has 0 aromatic heterocycles. The molecule has 0 spiro atoms. The van der Waals surface area contributed by atoms with Crippen LogP contribution in [0, 0.1) is 0 Å². The van der Waals surface area contributed by atoms with Gasteiger partial charge in [-0.05, 0) is 0 Å². The molecule has 0 aliphatic carbocycles. The molecule has 19 heavy (non-hydrogen) atoms. The van der Waals surface area contributed by atoms with E-state index in [1.807, 2.05) is 0 Å². The van der Waals surface area contributed by atoms with Gasteiger partial charge in [-0.2, -0.15) is 44.3 Å². The predicted molar refractivity (Wildman–Crippen MR) is 117 cm³/mol. The van der Waals surface area contributed by atoms with Gasteiger partial charge in [0.15, 0.2) is 75.3 Å². The lowest BCUT2D eigenvalue weighted by atomic mass is 13.7.